The Hall–Kier alpha value is -0.770. The van der Waals surface area contributed by atoms with Crippen molar-refractivity contribution >= 4 is 39.1 Å². The number of hydrogen-bond donors (Lipinski definition) is 0. The fourth-order valence-corrected chi connectivity index (χ4v) is 1.82. The molecule has 0 atom stereocenters. The highest BCUT2D eigenvalue weighted by molar-refractivity contribution is 9.10. The summed E-state index contributed by atoms with van der Waals surface area (Å²) in [6.45, 7) is 0.355. The maximum absolute atomic E-state index is 6.00. The first-order valence-electron chi connectivity index (χ1n) is 4.84. The number of halogens is 3. The van der Waals surface area contributed by atoms with Crippen LogP contribution in [-0.4, -0.2) is 4.98 Å². The van der Waals surface area contributed by atoms with Gasteiger partial charge in [-0.25, -0.2) is 0 Å². The average molecular weight is 333 g/mol. The van der Waals surface area contributed by atoms with E-state index in [1.807, 2.05) is 12.1 Å². The quantitative estimate of drug-likeness (QED) is 0.810. The number of nitrogens with zero attached hydrogens (tertiary/aromatic N) is 1. The summed E-state index contributed by atoms with van der Waals surface area (Å²) < 4.78 is 6.48. The molecule has 88 valence electrons. The molecule has 0 saturated heterocycles. The van der Waals surface area contributed by atoms with Crippen LogP contribution in [0, 0.1) is 0 Å². The van der Waals surface area contributed by atoms with E-state index in [1.165, 1.54) is 0 Å². The minimum atomic E-state index is 0.355. The summed E-state index contributed by atoms with van der Waals surface area (Å²) >= 11 is 15.2. The van der Waals surface area contributed by atoms with Gasteiger partial charge in [-0.2, -0.15) is 0 Å². The number of benzene rings is 1. The van der Waals surface area contributed by atoms with Crippen molar-refractivity contribution in [1.82, 2.24) is 4.98 Å². The molecule has 2 rings (SSSR count). The van der Waals surface area contributed by atoms with Crippen molar-refractivity contribution < 1.29 is 4.74 Å². The van der Waals surface area contributed by atoms with Crippen molar-refractivity contribution in [3.63, 3.8) is 0 Å². The number of pyridine rings is 1. The lowest BCUT2D eigenvalue weighted by Gasteiger charge is -2.08. The monoisotopic (exact) mass is 331 g/mol. The van der Waals surface area contributed by atoms with Gasteiger partial charge in [-0.05, 0) is 40.2 Å². The summed E-state index contributed by atoms with van der Waals surface area (Å²) in [6, 6.07) is 9.06. The van der Waals surface area contributed by atoms with Crippen LogP contribution in [0.25, 0.3) is 0 Å². The van der Waals surface area contributed by atoms with Crippen LogP contribution in [0.15, 0.2) is 41.0 Å². The smallest absolute Gasteiger partial charge is 0.140 e. The summed E-state index contributed by atoms with van der Waals surface area (Å²) in [4.78, 5) is 4.20. The second-order valence-corrected chi connectivity index (χ2v) is 5.01. The third-order valence-electron chi connectivity index (χ3n) is 2.08. The molecular formula is C12H8BrCl2NO. The van der Waals surface area contributed by atoms with Gasteiger partial charge >= 0.3 is 0 Å². The Bertz CT molecular complexity index is 516. The predicted octanol–water partition coefficient (Wildman–Crippen LogP) is 4.73. The van der Waals surface area contributed by atoms with Gasteiger partial charge in [0.15, 0.2) is 0 Å². The summed E-state index contributed by atoms with van der Waals surface area (Å²) in [7, 11) is 0. The van der Waals surface area contributed by atoms with Crippen LogP contribution >= 0.6 is 39.1 Å². The lowest BCUT2D eigenvalue weighted by atomic mass is 10.3. The standard InChI is InChI=1S/C12H8BrCl2NO/c13-8-4-5-9(16-6-8)7-17-11-3-1-2-10(14)12(11)15/h1-6H,7H2. The van der Waals surface area contributed by atoms with E-state index >= 15 is 0 Å². The third-order valence-corrected chi connectivity index (χ3v) is 3.35. The summed E-state index contributed by atoms with van der Waals surface area (Å²) in [6.07, 6.45) is 1.72. The van der Waals surface area contributed by atoms with E-state index in [0.717, 1.165) is 10.2 Å². The highest BCUT2D eigenvalue weighted by Gasteiger charge is 2.05. The molecule has 0 aliphatic heterocycles. The van der Waals surface area contributed by atoms with Crippen LogP contribution in [0.1, 0.15) is 5.69 Å². The number of hydrogen-bond acceptors (Lipinski definition) is 2. The van der Waals surface area contributed by atoms with Gasteiger partial charge < -0.3 is 4.74 Å². The van der Waals surface area contributed by atoms with Crippen molar-refractivity contribution in [3.05, 3.63) is 56.7 Å². The molecular weight excluding hydrogens is 325 g/mol. The van der Waals surface area contributed by atoms with E-state index in [2.05, 4.69) is 20.9 Å². The SMILES string of the molecule is Clc1cccc(OCc2ccc(Br)cn2)c1Cl. The molecule has 0 bridgehead atoms. The molecule has 1 heterocycles. The van der Waals surface area contributed by atoms with Crippen molar-refractivity contribution in [1.29, 1.82) is 0 Å². The second-order valence-electron chi connectivity index (χ2n) is 3.31. The fraction of sp³-hybridized carbons (Fsp3) is 0.0833. The first kappa shape index (κ1) is 12.7. The number of ether oxygens (including phenoxy) is 1. The van der Waals surface area contributed by atoms with Crippen LogP contribution in [0.2, 0.25) is 10.0 Å². The van der Waals surface area contributed by atoms with Gasteiger partial charge in [0.05, 0.1) is 10.7 Å². The predicted molar refractivity (Wildman–Crippen MR) is 72.7 cm³/mol. The van der Waals surface area contributed by atoms with Gasteiger partial charge in [-0.1, -0.05) is 29.3 Å². The molecule has 5 heteroatoms. The zero-order valence-corrected chi connectivity index (χ0v) is 11.8. The lowest BCUT2D eigenvalue weighted by molar-refractivity contribution is 0.301. The van der Waals surface area contributed by atoms with Crippen LogP contribution in [0.5, 0.6) is 5.75 Å². The summed E-state index contributed by atoms with van der Waals surface area (Å²) in [5, 5.41) is 0.902. The zero-order chi connectivity index (χ0) is 12.3. The molecule has 2 nitrogen and oxygen atoms in total. The molecule has 0 aliphatic carbocycles. The highest BCUT2D eigenvalue weighted by Crippen LogP contribution is 2.31. The van der Waals surface area contributed by atoms with E-state index < -0.39 is 0 Å². The maximum Gasteiger partial charge on any atom is 0.140 e. The van der Waals surface area contributed by atoms with Gasteiger partial charge in [-0.3, -0.25) is 4.98 Å². The molecule has 0 unspecified atom stereocenters. The van der Waals surface area contributed by atoms with E-state index in [-0.39, 0.29) is 0 Å². The minimum absolute atomic E-state index is 0.355. The Labute approximate surface area is 118 Å². The van der Waals surface area contributed by atoms with E-state index in [4.69, 9.17) is 27.9 Å². The van der Waals surface area contributed by atoms with Crippen LogP contribution in [0.4, 0.5) is 0 Å². The van der Waals surface area contributed by atoms with E-state index in [0.29, 0.717) is 22.4 Å². The van der Waals surface area contributed by atoms with Gasteiger partial charge in [0.2, 0.25) is 0 Å². The molecule has 0 spiro atoms. The highest BCUT2D eigenvalue weighted by atomic mass is 79.9. The number of rotatable bonds is 3. The third kappa shape index (κ3) is 3.35. The van der Waals surface area contributed by atoms with Crippen LogP contribution < -0.4 is 4.74 Å². The second kappa shape index (κ2) is 5.71. The van der Waals surface area contributed by atoms with E-state index in [9.17, 15) is 0 Å². The van der Waals surface area contributed by atoms with E-state index in [1.54, 1.807) is 24.4 Å². The van der Waals surface area contributed by atoms with Crippen LogP contribution in [0.3, 0.4) is 0 Å². The molecule has 0 N–H and O–H groups in total. The van der Waals surface area contributed by atoms with Crippen molar-refractivity contribution in [2.24, 2.45) is 0 Å². The minimum Gasteiger partial charge on any atom is -0.486 e. The molecule has 17 heavy (non-hydrogen) atoms. The molecule has 2 aromatic rings. The fourth-order valence-electron chi connectivity index (χ4n) is 1.24. The average Bonchev–Trinajstić information content (AvgIpc) is 2.33. The first-order chi connectivity index (χ1) is 8.16. The van der Waals surface area contributed by atoms with Gasteiger partial charge in [0, 0.05) is 10.7 Å². The molecule has 0 amide bonds. The summed E-state index contributed by atoms with van der Waals surface area (Å²) in [5.41, 5.74) is 0.823. The Morgan fingerprint density at radius 2 is 2.00 bits per heavy atom. The Balaban J connectivity index is 2.07. The van der Waals surface area contributed by atoms with Gasteiger partial charge in [-0.15, -0.1) is 0 Å². The normalized spacial score (nSPS) is 10.3. The Morgan fingerprint density at radius 3 is 2.71 bits per heavy atom. The van der Waals surface area contributed by atoms with Crippen LogP contribution in [-0.2, 0) is 6.61 Å². The molecule has 1 aromatic heterocycles. The largest absolute Gasteiger partial charge is 0.486 e. The van der Waals surface area contributed by atoms with Gasteiger partial charge in [0.25, 0.3) is 0 Å². The van der Waals surface area contributed by atoms with Gasteiger partial charge in [0.1, 0.15) is 17.4 Å². The molecule has 0 aliphatic rings. The van der Waals surface area contributed by atoms with Crippen molar-refractivity contribution in [3.8, 4) is 5.75 Å². The topological polar surface area (TPSA) is 22.1 Å². The first-order valence-corrected chi connectivity index (χ1v) is 6.39. The molecule has 0 radical (unpaired) electrons. The van der Waals surface area contributed by atoms with Crippen molar-refractivity contribution in [2.75, 3.05) is 0 Å². The van der Waals surface area contributed by atoms with Crippen molar-refractivity contribution in [2.45, 2.75) is 6.61 Å². The Kier molecular flexibility index (Phi) is 4.26. The molecule has 0 fully saturated rings. The summed E-state index contributed by atoms with van der Waals surface area (Å²) in [5.74, 6) is 0.559. The molecule has 0 saturated carbocycles. The zero-order valence-electron chi connectivity index (χ0n) is 8.66. The molecule has 1 aromatic carbocycles. The lowest BCUT2D eigenvalue weighted by Crippen LogP contribution is -1.98. The maximum atomic E-state index is 6.00. The number of aromatic nitrogens is 1. The Morgan fingerprint density at radius 1 is 1.18 bits per heavy atom.